The predicted octanol–water partition coefficient (Wildman–Crippen LogP) is 1.09. The Kier molecular flexibility index (Phi) is 1.01. The van der Waals surface area contributed by atoms with Crippen LogP contribution in [-0.2, 0) is 0 Å². The van der Waals surface area contributed by atoms with E-state index in [0.29, 0.717) is 6.54 Å². The van der Waals surface area contributed by atoms with Crippen LogP contribution in [0.1, 0.15) is 10.4 Å². The SMILES string of the molecule is O=C1CNc2c[c]ccc21. The summed E-state index contributed by atoms with van der Waals surface area (Å²) in [5.41, 5.74) is 1.70. The molecule has 0 atom stereocenters. The van der Waals surface area contributed by atoms with Crippen LogP contribution >= 0.6 is 0 Å². The zero-order valence-electron chi connectivity index (χ0n) is 5.35. The van der Waals surface area contributed by atoms with Gasteiger partial charge in [0.05, 0.1) is 6.54 Å². The second kappa shape index (κ2) is 1.84. The van der Waals surface area contributed by atoms with E-state index in [1.807, 2.05) is 0 Å². The number of anilines is 1. The average molecular weight is 132 g/mol. The highest BCUT2D eigenvalue weighted by Crippen LogP contribution is 2.19. The Balaban J connectivity index is 2.61. The maximum Gasteiger partial charge on any atom is 0.183 e. The van der Waals surface area contributed by atoms with Crippen LogP contribution < -0.4 is 5.32 Å². The molecule has 1 N–H and O–H groups in total. The number of hydrogen-bond donors (Lipinski definition) is 1. The number of carbonyl (C=O) groups excluding carboxylic acids is 1. The van der Waals surface area contributed by atoms with Crippen LogP contribution in [-0.4, -0.2) is 12.3 Å². The van der Waals surface area contributed by atoms with Gasteiger partial charge < -0.3 is 5.32 Å². The van der Waals surface area contributed by atoms with E-state index in [0.717, 1.165) is 11.3 Å². The molecule has 1 heterocycles. The summed E-state index contributed by atoms with van der Waals surface area (Å²) in [5.74, 6) is 0.170. The van der Waals surface area contributed by atoms with Gasteiger partial charge in [-0.05, 0) is 18.2 Å². The number of hydrogen-bond acceptors (Lipinski definition) is 2. The lowest BCUT2D eigenvalue weighted by Crippen LogP contribution is -2.00. The van der Waals surface area contributed by atoms with E-state index in [2.05, 4.69) is 11.4 Å². The lowest BCUT2D eigenvalue weighted by atomic mass is 10.1. The van der Waals surface area contributed by atoms with E-state index >= 15 is 0 Å². The highest BCUT2D eigenvalue weighted by molar-refractivity contribution is 6.07. The van der Waals surface area contributed by atoms with Crippen molar-refractivity contribution >= 4 is 11.5 Å². The van der Waals surface area contributed by atoms with Crippen molar-refractivity contribution in [2.75, 3.05) is 11.9 Å². The van der Waals surface area contributed by atoms with Gasteiger partial charge in [0, 0.05) is 11.3 Å². The third kappa shape index (κ3) is 0.620. The van der Waals surface area contributed by atoms with Crippen molar-refractivity contribution < 1.29 is 4.79 Å². The molecule has 0 spiro atoms. The molecule has 1 radical (unpaired) electrons. The molecule has 0 fully saturated rings. The fourth-order valence-electron chi connectivity index (χ4n) is 1.09. The van der Waals surface area contributed by atoms with Crippen LogP contribution in [0, 0.1) is 6.07 Å². The number of benzene rings is 1. The second-order valence-electron chi connectivity index (χ2n) is 2.25. The number of rotatable bonds is 0. The van der Waals surface area contributed by atoms with E-state index in [-0.39, 0.29) is 5.78 Å². The van der Waals surface area contributed by atoms with Gasteiger partial charge in [-0.3, -0.25) is 4.79 Å². The van der Waals surface area contributed by atoms with Crippen molar-refractivity contribution in [3.05, 3.63) is 29.8 Å². The first-order chi connectivity index (χ1) is 4.88. The van der Waals surface area contributed by atoms with Crippen molar-refractivity contribution in [1.82, 2.24) is 0 Å². The third-order valence-electron chi connectivity index (χ3n) is 1.60. The first-order valence-electron chi connectivity index (χ1n) is 3.15. The Hall–Kier alpha value is -1.31. The predicted molar refractivity (Wildman–Crippen MR) is 38.1 cm³/mol. The van der Waals surface area contributed by atoms with Gasteiger partial charge in [0.1, 0.15) is 0 Å². The molecule has 1 aromatic carbocycles. The minimum atomic E-state index is 0.170. The van der Waals surface area contributed by atoms with Crippen molar-refractivity contribution in [2.45, 2.75) is 0 Å². The fraction of sp³-hybridized carbons (Fsp3) is 0.125. The molecular weight excluding hydrogens is 126 g/mol. The summed E-state index contributed by atoms with van der Waals surface area (Å²) in [7, 11) is 0. The normalized spacial score (nSPS) is 14.6. The van der Waals surface area contributed by atoms with Crippen molar-refractivity contribution in [1.29, 1.82) is 0 Å². The molecule has 0 aliphatic carbocycles. The molecule has 0 amide bonds. The monoisotopic (exact) mass is 132 g/mol. The largest absolute Gasteiger partial charge is 0.377 e. The summed E-state index contributed by atoms with van der Waals surface area (Å²) in [6.45, 7) is 0.438. The molecule has 0 saturated heterocycles. The number of nitrogens with one attached hydrogen (secondary N) is 1. The zero-order valence-corrected chi connectivity index (χ0v) is 5.35. The molecule has 2 nitrogen and oxygen atoms in total. The van der Waals surface area contributed by atoms with E-state index in [1.54, 1.807) is 18.2 Å². The molecule has 1 aliphatic rings. The Bertz CT molecular complexity index is 280. The number of Topliss-reactive ketones (excluding diaryl/α,β-unsaturated/α-hetero) is 1. The van der Waals surface area contributed by atoms with Crippen LogP contribution in [0.5, 0.6) is 0 Å². The van der Waals surface area contributed by atoms with Crippen LogP contribution in [0.2, 0.25) is 0 Å². The summed E-state index contributed by atoms with van der Waals surface area (Å²) in [6, 6.07) is 8.23. The molecule has 0 bridgehead atoms. The molecule has 0 saturated carbocycles. The van der Waals surface area contributed by atoms with Crippen LogP contribution in [0.15, 0.2) is 18.2 Å². The summed E-state index contributed by atoms with van der Waals surface area (Å²) < 4.78 is 0. The molecule has 0 aromatic heterocycles. The first-order valence-corrected chi connectivity index (χ1v) is 3.15. The highest BCUT2D eigenvalue weighted by atomic mass is 16.1. The molecule has 10 heavy (non-hydrogen) atoms. The maximum atomic E-state index is 11.0. The lowest BCUT2D eigenvalue weighted by Gasteiger charge is -1.92. The van der Waals surface area contributed by atoms with Gasteiger partial charge in [-0.2, -0.15) is 0 Å². The first kappa shape index (κ1) is 5.47. The molecule has 2 heteroatoms. The van der Waals surface area contributed by atoms with Gasteiger partial charge in [0.2, 0.25) is 0 Å². The lowest BCUT2D eigenvalue weighted by molar-refractivity contribution is 0.101. The van der Waals surface area contributed by atoms with Gasteiger partial charge in [0.15, 0.2) is 5.78 Å². The second-order valence-corrected chi connectivity index (χ2v) is 2.25. The minimum Gasteiger partial charge on any atom is -0.377 e. The van der Waals surface area contributed by atoms with E-state index < -0.39 is 0 Å². The highest BCUT2D eigenvalue weighted by Gasteiger charge is 2.16. The van der Waals surface area contributed by atoms with Gasteiger partial charge in [-0.1, -0.05) is 6.07 Å². The number of fused-ring (bicyclic) bond motifs is 1. The number of carbonyl (C=O) groups is 1. The standard InChI is InChI=1S/C8H6NO/c10-8-5-9-7-4-2-1-3-6(7)8/h1,3-4,9H,5H2. The molecule has 1 aromatic rings. The van der Waals surface area contributed by atoms with E-state index in [1.165, 1.54) is 0 Å². The van der Waals surface area contributed by atoms with Gasteiger partial charge in [-0.15, -0.1) is 0 Å². The molecule has 2 rings (SSSR count). The van der Waals surface area contributed by atoms with Crippen LogP contribution in [0.4, 0.5) is 5.69 Å². The van der Waals surface area contributed by atoms with E-state index in [9.17, 15) is 4.79 Å². The third-order valence-corrected chi connectivity index (χ3v) is 1.60. The average Bonchev–Trinajstić information content (AvgIpc) is 2.34. The molecular formula is C8H6NO. The molecule has 49 valence electrons. The maximum absolute atomic E-state index is 11.0. The summed E-state index contributed by atoms with van der Waals surface area (Å²) in [5, 5.41) is 2.97. The van der Waals surface area contributed by atoms with Crippen LogP contribution in [0.3, 0.4) is 0 Å². The Morgan fingerprint density at radius 1 is 1.60 bits per heavy atom. The van der Waals surface area contributed by atoms with Gasteiger partial charge in [0.25, 0.3) is 0 Å². The zero-order chi connectivity index (χ0) is 6.97. The summed E-state index contributed by atoms with van der Waals surface area (Å²) in [4.78, 5) is 11.0. The fourth-order valence-corrected chi connectivity index (χ4v) is 1.09. The topological polar surface area (TPSA) is 29.1 Å². The Morgan fingerprint density at radius 3 is 3.30 bits per heavy atom. The summed E-state index contributed by atoms with van der Waals surface area (Å²) >= 11 is 0. The Labute approximate surface area is 58.9 Å². The van der Waals surface area contributed by atoms with Crippen molar-refractivity contribution in [3.8, 4) is 0 Å². The summed E-state index contributed by atoms with van der Waals surface area (Å²) in [6.07, 6.45) is 0. The molecule has 0 unspecified atom stereocenters. The van der Waals surface area contributed by atoms with Gasteiger partial charge >= 0.3 is 0 Å². The van der Waals surface area contributed by atoms with Crippen molar-refractivity contribution in [2.24, 2.45) is 0 Å². The molecule has 1 aliphatic heterocycles. The number of ketones is 1. The smallest absolute Gasteiger partial charge is 0.183 e. The van der Waals surface area contributed by atoms with Gasteiger partial charge in [-0.25, -0.2) is 0 Å². The van der Waals surface area contributed by atoms with Crippen LogP contribution in [0.25, 0.3) is 0 Å². The van der Waals surface area contributed by atoms with E-state index in [4.69, 9.17) is 0 Å². The Morgan fingerprint density at radius 2 is 2.50 bits per heavy atom. The minimum absolute atomic E-state index is 0.170. The van der Waals surface area contributed by atoms with Crippen molar-refractivity contribution in [3.63, 3.8) is 0 Å². The quantitative estimate of drug-likeness (QED) is 0.572.